The lowest BCUT2D eigenvalue weighted by Crippen LogP contribution is -2.23. The maximum absolute atomic E-state index is 5.58. The summed E-state index contributed by atoms with van der Waals surface area (Å²) >= 11 is 0. The maximum Gasteiger partial charge on any atom is 0.111 e. The minimum atomic E-state index is 0.0702. The van der Waals surface area contributed by atoms with E-state index in [1.165, 1.54) is 5.69 Å². The Morgan fingerprint density at radius 3 is 2.79 bits per heavy atom. The first-order chi connectivity index (χ1) is 6.60. The third kappa shape index (κ3) is 2.58. The quantitative estimate of drug-likeness (QED) is 0.755. The van der Waals surface area contributed by atoms with Crippen LogP contribution in [0.25, 0.3) is 0 Å². The predicted octanol–water partition coefficient (Wildman–Crippen LogP) is 1.99. The van der Waals surface area contributed by atoms with Gasteiger partial charge in [0.05, 0.1) is 0 Å². The van der Waals surface area contributed by atoms with E-state index in [0.29, 0.717) is 6.54 Å². The number of hydrogen-bond acceptors (Lipinski definition) is 2. The number of rotatable bonds is 5. The second-order valence-corrected chi connectivity index (χ2v) is 4.43. The SMILES string of the molecule is CCCc1cnc(C(C)(C)CCN)[nH]1. The van der Waals surface area contributed by atoms with E-state index in [4.69, 9.17) is 5.73 Å². The lowest BCUT2D eigenvalue weighted by Gasteiger charge is -2.20. The van der Waals surface area contributed by atoms with Crippen LogP contribution in [0.2, 0.25) is 0 Å². The molecule has 3 N–H and O–H groups in total. The zero-order valence-electron chi connectivity index (χ0n) is 9.43. The standard InChI is InChI=1S/C11H21N3/c1-4-5-9-8-13-10(14-9)11(2,3)6-7-12/h8H,4-7,12H2,1-3H3,(H,13,14). The fourth-order valence-corrected chi connectivity index (χ4v) is 1.58. The van der Waals surface area contributed by atoms with E-state index in [2.05, 4.69) is 30.7 Å². The summed E-state index contributed by atoms with van der Waals surface area (Å²) in [5.74, 6) is 1.06. The molecule has 0 bridgehead atoms. The number of nitrogens with one attached hydrogen (secondary N) is 1. The van der Waals surface area contributed by atoms with Crippen molar-refractivity contribution in [3.05, 3.63) is 17.7 Å². The normalized spacial score (nSPS) is 12.0. The Bertz CT molecular complexity index is 276. The van der Waals surface area contributed by atoms with Gasteiger partial charge in [-0.2, -0.15) is 0 Å². The molecule has 0 aromatic carbocycles. The summed E-state index contributed by atoms with van der Waals surface area (Å²) in [6, 6.07) is 0. The van der Waals surface area contributed by atoms with Crippen LogP contribution in [-0.2, 0) is 11.8 Å². The number of aromatic nitrogens is 2. The molecule has 3 heteroatoms. The Labute approximate surface area is 86.1 Å². The topological polar surface area (TPSA) is 54.7 Å². The van der Waals surface area contributed by atoms with Crippen LogP contribution in [0.4, 0.5) is 0 Å². The smallest absolute Gasteiger partial charge is 0.111 e. The van der Waals surface area contributed by atoms with E-state index in [1.807, 2.05) is 6.20 Å². The highest BCUT2D eigenvalue weighted by molar-refractivity contribution is 5.10. The summed E-state index contributed by atoms with van der Waals surface area (Å²) < 4.78 is 0. The number of aromatic amines is 1. The van der Waals surface area contributed by atoms with Crippen molar-refractivity contribution in [3.63, 3.8) is 0 Å². The van der Waals surface area contributed by atoms with Gasteiger partial charge in [-0.1, -0.05) is 27.2 Å². The lowest BCUT2D eigenvalue weighted by molar-refractivity contribution is 0.461. The highest BCUT2D eigenvalue weighted by atomic mass is 14.9. The van der Waals surface area contributed by atoms with Crippen molar-refractivity contribution in [2.24, 2.45) is 5.73 Å². The van der Waals surface area contributed by atoms with E-state index in [9.17, 15) is 0 Å². The van der Waals surface area contributed by atoms with Crippen molar-refractivity contribution in [1.82, 2.24) is 9.97 Å². The van der Waals surface area contributed by atoms with Gasteiger partial charge in [0.2, 0.25) is 0 Å². The average molecular weight is 195 g/mol. The van der Waals surface area contributed by atoms with Gasteiger partial charge in [0.25, 0.3) is 0 Å². The van der Waals surface area contributed by atoms with Gasteiger partial charge in [-0.3, -0.25) is 0 Å². The fourth-order valence-electron chi connectivity index (χ4n) is 1.58. The lowest BCUT2D eigenvalue weighted by atomic mass is 9.88. The molecule has 3 nitrogen and oxygen atoms in total. The molecule has 0 saturated carbocycles. The first kappa shape index (κ1) is 11.2. The van der Waals surface area contributed by atoms with E-state index in [1.54, 1.807) is 0 Å². The number of nitrogens with two attached hydrogens (primary N) is 1. The van der Waals surface area contributed by atoms with Crippen LogP contribution in [0.3, 0.4) is 0 Å². The van der Waals surface area contributed by atoms with Gasteiger partial charge in [0, 0.05) is 17.3 Å². The Hall–Kier alpha value is -0.830. The molecule has 0 atom stereocenters. The highest BCUT2D eigenvalue weighted by Gasteiger charge is 2.22. The highest BCUT2D eigenvalue weighted by Crippen LogP contribution is 2.23. The van der Waals surface area contributed by atoms with Gasteiger partial charge in [0.1, 0.15) is 5.82 Å². The van der Waals surface area contributed by atoms with Crippen LogP contribution >= 0.6 is 0 Å². The van der Waals surface area contributed by atoms with Gasteiger partial charge in [-0.05, 0) is 19.4 Å². The fraction of sp³-hybridized carbons (Fsp3) is 0.727. The second-order valence-electron chi connectivity index (χ2n) is 4.43. The van der Waals surface area contributed by atoms with Gasteiger partial charge in [-0.15, -0.1) is 0 Å². The first-order valence-corrected chi connectivity index (χ1v) is 5.34. The van der Waals surface area contributed by atoms with Crippen molar-refractivity contribution in [2.75, 3.05) is 6.54 Å². The summed E-state index contributed by atoms with van der Waals surface area (Å²) in [5, 5.41) is 0. The molecule has 0 aliphatic carbocycles. The van der Waals surface area contributed by atoms with E-state index in [-0.39, 0.29) is 5.41 Å². The van der Waals surface area contributed by atoms with Gasteiger partial charge < -0.3 is 10.7 Å². The van der Waals surface area contributed by atoms with Gasteiger partial charge in [0.15, 0.2) is 0 Å². The minimum Gasteiger partial charge on any atom is -0.345 e. The number of imidazole rings is 1. The number of H-pyrrole nitrogens is 1. The summed E-state index contributed by atoms with van der Waals surface area (Å²) in [4.78, 5) is 7.79. The summed E-state index contributed by atoms with van der Waals surface area (Å²) in [7, 11) is 0. The van der Waals surface area contributed by atoms with E-state index in [0.717, 1.165) is 25.1 Å². The Balaban J connectivity index is 2.74. The molecule has 0 fully saturated rings. The monoisotopic (exact) mass is 195 g/mol. The Morgan fingerprint density at radius 1 is 1.50 bits per heavy atom. The summed E-state index contributed by atoms with van der Waals surface area (Å²) in [5.41, 5.74) is 6.88. The van der Waals surface area contributed by atoms with Crippen molar-refractivity contribution >= 4 is 0 Å². The minimum absolute atomic E-state index is 0.0702. The van der Waals surface area contributed by atoms with Gasteiger partial charge in [-0.25, -0.2) is 4.98 Å². The number of aryl methyl sites for hydroxylation is 1. The van der Waals surface area contributed by atoms with Crippen molar-refractivity contribution in [1.29, 1.82) is 0 Å². The Kier molecular flexibility index (Phi) is 3.69. The third-order valence-corrected chi connectivity index (χ3v) is 2.56. The van der Waals surface area contributed by atoms with Crippen LogP contribution in [0.15, 0.2) is 6.20 Å². The molecule has 0 aliphatic heterocycles. The van der Waals surface area contributed by atoms with Crippen LogP contribution in [0.1, 0.15) is 45.1 Å². The molecular weight excluding hydrogens is 174 g/mol. The molecule has 0 saturated heterocycles. The van der Waals surface area contributed by atoms with Gasteiger partial charge >= 0.3 is 0 Å². The largest absolute Gasteiger partial charge is 0.345 e. The molecule has 14 heavy (non-hydrogen) atoms. The zero-order valence-corrected chi connectivity index (χ0v) is 9.43. The molecular formula is C11H21N3. The van der Waals surface area contributed by atoms with Crippen LogP contribution in [0.5, 0.6) is 0 Å². The molecule has 80 valence electrons. The molecule has 1 aromatic heterocycles. The first-order valence-electron chi connectivity index (χ1n) is 5.34. The molecule has 0 unspecified atom stereocenters. The van der Waals surface area contributed by atoms with Crippen LogP contribution in [0, 0.1) is 0 Å². The summed E-state index contributed by atoms with van der Waals surface area (Å²) in [6.07, 6.45) is 5.13. The molecule has 0 radical (unpaired) electrons. The molecule has 1 heterocycles. The van der Waals surface area contributed by atoms with Crippen molar-refractivity contribution < 1.29 is 0 Å². The molecule has 0 spiro atoms. The number of nitrogens with zero attached hydrogens (tertiary/aromatic N) is 1. The average Bonchev–Trinajstić information content (AvgIpc) is 2.54. The number of hydrogen-bond donors (Lipinski definition) is 2. The molecule has 1 rings (SSSR count). The predicted molar refractivity (Wildman–Crippen MR) is 59.3 cm³/mol. The zero-order chi connectivity index (χ0) is 10.6. The van der Waals surface area contributed by atoms with Crippen LogP contribution in [-0.4, -0.2) is 16.5 Å². The van der Waals surface area contributed by atoms with E-state index >= 15 is 0 Å². The molecule has 0 aliphatic rings. The third-order valence-electron chi connectivity index (χ3n) is 2.56. The summed E-state index contributed by atoms with van der Waals surface area (Å²) in [6.45, 7) is 7.23. The van der Waals surface area contributed by atoms with Crippen LogP contribution < -0.4 is 5.73 Å². The molecule has 1 aromatic rings. The maximum atomic E-state index is 5.58. The van der Waals surface area contributed by atoms with Crippen molar-refractivity contribution in [2.45, 2.75) is 45.4 Å². The van der Waals surface area contributed by atoms with Crippen molar-refractivity contribution in [3.8, 4) is 0 Å². The van der Waals surface area contributed by atoms with E-state index < -0.39 is 0 Å². The Morgan fingerprint density at radius 2 is 2.21 bits per heavy atom. The second kappa shape index (κ2) is 4.60. The molecule has 0 amide bonds.